The summed E-state index contributed by atoms with van der Waals surface area (Å²) in [5, 5.41) is 3.06. The minimum absolute atomic E-state index is 0.166. The van der Waals surface area contributed by atoms with E-state index in [0.717, 1.165) is 0 Å². The maximum atomic E-state index is 12.2. The molecule has 5 heteroatoms. The molecular weight excluding hydrogens is 258 g/mol. The van der Waals surface area contributed by atoms with Crippen molar-refractivity contribution in [3.63, 3.8) is 0 Å². The Morgan fingerprint density at radius 2 is 2.00 bits per heavy atom. The molecule has 0 bridgehead atoms. The Kier molecular flexibility index (Phi) is 4.98. The van der Waals surface area contributed by atoms with Crippen LogP contribution in [0.2, 0.25) is 5.02 Å². The third-order valence-corrected chi connectivity index (χ3v) is 5.23. The quantitative estimate of drug-likeness (QED) is 0.898. The van der Waals surface area contributed by atoms with Gasteiger partial charge in [0.15, 0.2) is 9.84 Å². The lowest BCUT2D eigenvalue weighted by Crippen LogP contribution is -2.29. The van der Waals surface area contributed by atoms with E-state index in [-0.39, 0.29) is 6.04 Å². The van der Waals surface area contributed by atoms with E-state index in [1.165, 1.54) is 6.07 Å². The number of hydrogen-bond donors (Lipinski definition) is 1. The van der Waals surface area contributed by atoms with Gasteiger partial charge in [0, 0.05) is 11.1 Å². The normalized spacial score (nSPS) is 15.5. The molecule has 17 heavy (non-hydrogen) atoms. The van der Waals surface area contributed by atoms with Crippen LogP contribution in [-0.4, -0.2) is 26.8 Å². The fourth-order valence-electron chi connectivity index (χ4n) is 1.62. The summed E-state index contributed by atoms with van der Waals surface area (Å²) >= 11 is 5.81. The van der Waals surface area contributed by atoms with Gasteiger partial charge in [0.1, 0.15) is 0 Å². The summed E-state index contributed by atoms with van der Waals surface area (Å²) in [4.78, 5) is 0.292. The number of rotatable bonds is 5. The highest BCUT2D eigenvalue weighted by molar-refractivity contribution is 7.92. The topological polar surface area (TPSA) is 46.2 Å². The maximum absolute atomic E-state index is 12.2. The SMILES string of the molecule is CNC(C)CC(C)S(=O)(=O)c1cccc(Cl)c1. The molecular formula is C12H18ClNO2S. The first kappa shape index (κ1) is 14.5. The predicted octanol–water partition coefficient (Wildman–Crippen LogP) is 2.50. The monoisotopic (exact) mass is 275 g/mol. The lowest BCUT2D eigenvalue weighted by atomic mass is 10.2. The van der Waals surface area contributed by atoms with Gasteiger partial charge in [-0.2, -0.15) is 0 Å². The van der Waals surface area contributed by atoms with E-state index in [9.17, 15) is 8.42 Å². The molecule has 1 rings (SSSR count). The van der Waals surface area contributed by atoms with Crippen LogP contribution in [0.3, 0.4) is 0 Å². The van der Waals surface area contributed by atoms with E-state index in [4.69, 9.17) is 11.6 Å². The summed E-state index contributed by atoms with van der Waals surface area (Å²) in [5.74, 6) is 0. The zero-order valence-electron chi connectivity index (χ0n) is 10.3. The van der Waals surface area contributed by atoms with Gasteiger partial charge < -0.3 is 5.32 Å². The standard InChI is InChI=1S/C12H18ClNO2S/c1-9(14-3)7-10(2)17(15,16)12-6-4-5-11(13)8-12/h4-6,8-10,14H,7H2,1-3H3. The van der Waals surface area contributed by atoms with Crippen LogP contribution in [0.4, 0.5) is 0 Å². The first-order valence-corrected chi connectivity index (χ1v) is 7.47. The van der Waals surface area contributed by atoms with E-state index >= 15 is 0 Å². The second-order valence-corrected chi connectivity index (χ2v) is 7.04. The summed E-state index contributed by atoms with van der Waals surface area (Å²) in [5.41, 5.74) is 0. The van der Waals surface area contributed by atoms with Gasteiger partial charge in [0.2, 0.25) is 0 Å². The molecule has 96 valence electrons. The molecule has 0 aliphatic rings. The molecule has 0 saturated heterocycles. The molecule has 0 aromatic heterocycles. The van der Waals surface area contributed by atoms with Gasteiger partial charge >= 0.3 is 0 Å². The van der Waals surface area contributed by atoms with E-state index in [0.29, 0.717) is 16.3 Å². The van der Waals surface area contributed by atoms with Crippen molar-refractivity contribution in [3.8, 4) is 0 Å². The Morgan fingerprint density at radius 3 is 2.53 bits per heavy atom. The summed E-state index contributed by atoms with van der Waals surface area (Å²) < 4.78 is 24.5. The number of hydrogen-bond acceptors (Lipinski definition) is 3. The Balaban J connectivity index is 2.95. The van der Waals surface area contributed by atoms with E-state index in [2.05, 4.69) is 5.32 Å². The van der Waals surface area contributed by atoms with Crippen LogP contribution in [-0.2, 0) is 9.84 Å². The predicted molar refractivity (Wildman–Crippen MR) is 71.2 cm³/mol. The van der Waals surface area contributed by atoms with Gasteiger partial charge in [-0.1, -0.05) is 17.7 Å². The number of nitrogens with one attached hydrogen (secondary N) is 1. The maximum Gasteiger partial charge on any atom is 0.181 e. The zero-order chi connectivity index (χ0) is 13.1. The summed E-state index contributed by atoms with van der Waals surface area (Å²) in [6, 6.07) is 6.57. The van der Waals surface area contributed by atoms with Crippen molar-refractivity contribution in [1.29, 1.82) is 0 Å². The van der Waals surface area contributed by atoms with E-state index in [1.807, 2.05) is 14.0 Å². The molecule has 0 radical (unpaired) electrons. The Morgan fingerprint density at radius 1 is 1.35 bits per heavy atom. The van der Waals surface area contributed by atoms with Crippen LogP contribution < -0.4 is 5.32 Å². The molecule has 0 spiro atoms. The van der Waals surface area contributed by atoms with Crippen LogP contribution in [0.1, 0.15) is 20.3 Å². The molecule has 1 aromatic rings. The molecule has 1 aromatic carbocycles. The van der Waals surface area contributed by atoms with Crippen LogP contribution in [0.5, 0.6) is 0 Å². The first-order valence-electron chi connectivity index (χ1n) is 5.54. The summed E-state index contributed by atoms with van der Waals surface area (Å²) in [6.45, 7) is 3.69. The first-order chi connectivity index (χ1) is 7.87. The lowest BCUT2D eigenvalue weighted by Gasteiger charge is -2.17. The minimum atomic E-state index is -3.29. The molecule has 0 amide bonds. The average molecular weight is 276 g/mol. The molecule has 2 atom stereocenters. The van der Waals surface area contributed by atoms with Crippen molar-refractivity contribution in [3.05, 3.63) is 29.3 Å². The smallest absolute Gasteiger partial charge is 0.181 e. The van der Waals surface area contributed by atoms with Crippen molar-refractivity contribution in [1.82, 2.24) is 5.32 Å². The molecule has 0 saturated carbocycles. The number of benzene rings is 1. The molecule has 0 fully saturated rings. The second kappa shape index (κ2) is 5.85. The van der Waals surface area contributed by atoms with Crippen LogP contribution in [0.15, 0.2) is 29.2 Å². The Hall–Kier alpha value is -0.580. The van der Waals surface area contributed by atoms with Crippen LogP contribution in [0, 0.1) is 0 Å². The van der Waals surface area contributed by atoms with Crippen molar-refractivity contribution >= 4 is 21.4 Å². The molecule has 0 heterocycles. The van der Waals surface area contributed by atoms with Crippen molar-refractivity contribution < 1.29 is 8.42 Å². The summed E-state index contributed by atoms with van der Waals surface area (Å²) in [7, 11) is -1.47. The molecule has 2 unspecified atom stereocenters. The van der Waals surface area contributed by atoms with E-state index in [1.54, 1.807) is 25.1 Å². The van der Waals surface area contributed by atoms with Gasteiger partial charge in [0.25, 0.3) is 0 Å². The number of halogens is 1. The van der Waals surface area contributed by atoms with Gasteiger partial charge in [-0.15, -0.1) is 0 Å². The number of sulfone groups is 1. The molecule has 3 nitrogen and oxygen atoms in total. The third-order valence-electron chi connectivity index (χ3n) is 2.83. The molecule has 0 aliphatic heterocycles. The average Bonchev–Trinajstić information content (AvgIpc) is 2.28. The fourth-order valence-corrected chi connectivity index (χ4v) is 3.44. The van der Waals surface area contributed by atoms with Gasteiger partial charge in [-0.05, 0) is 45.5 Å². The van der Waals surface area contributed by atoms with Crippen molar-refractivity contribution in [2.45, 2.75) is 36.5 Å². The largest absolute Gasteiger partial charge is 0.317 e. The lowest BCUT2D eigenvalue weighted by molar-refractivity contribution is 0.530. The Labute approximate surface area is 108 Å². The second-order valence-electron chi connectivity index (χ2n) is 4.24. The van der Waals surface area contributed by atoms with Crippen LogP contribution in [0.25, 0.3) is 0 Å². The molecule has 0 aliphatic carbocycles. The van der Waals surface area contributed by atoms with Gasteiger partial charge in [0.05, 0.1) is 10.1 Å². The van der Waals surface area contributed by atoms with Gasteiger partial charge in [-0.25, -0.2) is 8.42 Å². The van der Waals surface area contributed by atoms with Crippen molar-refractivity contribution in [2.24, 2.45) is 0 Å². The van der Waals surface area contributed by atoms with E-state index < -0.39 is 15.1 Å². The Bertz CT molecular complexity index is 473. The highest BCUT2D eigenvalue weighted by Crippen LogP contribution is 2.22. The molecule has 1 N–H and O–H groups in total. The van der Waals surface area contributed by atoms with Crippen LogP contribution >= 0.6 is 11.6 Å². The highest BCUT2D eigenvalue weighted by atomic mass is 35.5. The van der Waals surface area contributed by atoms with Crippen molar-refractivity contribution in [2.75, 3.05) is 7.05 Å². The third kappa shape index (κ3) is 3.69. The minimum Gasteiger partial charge on any atom is -0.317 e. The van der Waals surface area contributed by atoms with Gasteiger partial charge in [-0.3, -0.25) is 0 Å². The zero-order valence-corrected chi connectivity index (χ0v) is 11.8. The fraction of sp³-hybridized carbons (Fsp3) is 0.500. The highest BCUT2D eigenvalue weighted by Gasteiger charge is 2.24. The summed E-state index contributed by atoms with van der Waals surface area (Å²) in [6.07, 6.45) is 0.575.